The molecule has 0 radical (unpaired) electrons. The Balaban J connectivity index is 1.51. The van der Waals surface area contributed by atoms with Gasteiger partial charge in [0.2, 0.25) is 5.76 Å². The molecule has 0 unspecified atom stereocenters. The molecule has 2 amide bonds. The third kappa shape index (κ3) is 6.01. The van der Waals surface area contributed by atoms with Gasteiger partial charge in [-0.25, -0.2) is 0 Å². The van der Waals surface area contributed by atoms with Crippen LogP contribution in [-0.4, -0.2) is 36.6 Å². The summed E-state index contributed by atoms with van der Waals surface area (Å²) in [6, 6.07) is 12.7. The summed E-state index contributed by atoms with van der Waals surface area (Å²) in [5.74, 6) is -0.404. The van der Waals surface area contributed by atoms with E-state index in [0.717, 1.165) is 42.7 Å². The summed E-state index contributed by atoms with van der Waals surface area (Å²) in [5, 5.41) is 9.90. The second-order valence-corrected chi connectivity index (χ2v) is 10.3. The van der Waals surface area contributed by atoms with Crippen molar-refractivity contribution in [3.05, 3.63) is 59.4 Å². The number of aromatic nitrogens is 1. The lowest BCUT2D eigenvalue weighted by atomic mass is 9.97. The van der Waals surface area contributed by atoms with E-state index >= 15 is 0 Å². The van der Waals surface area contributed by atoms with Crippen molar-refractivity contribution >= 4 is 28.9 Å². The molecule has 1 fully saturated rings. The maximum absolute atomic E-state index is 13.0. The molecule has 1 saturated heterocycles. The van der Waals surface area contributed by atoms with Crippen LogP contribution in [0.5, 0.6) is 0 Å². The van der Waals surface area contributed by atoms with Gasteiger partial charge in [-0.1, -0.05) is 32.0 Å². The molecule has 1 aliphatic rings. The molecule has 4 rings (SSSR count). The highest BCUT2D eigenvalue weighted by molar-refractivity contribution is 6.05. The maximum Gasteiger partial charge on any atom is 0.289 e. The van der Waals surface area contributed by atoms with E-state index in [1.807, 2.05) is 58.0 Å². The highest BCUT2D eigenvalue weighted by Crippen LogP contribution is 2.28. The fraction of sp³-hybridized carbons (Fsp3) is 0.370. The molecule has 0 atom stereocenters. The average molecular weight is 476 g/mol. The largest absolute Gasteiger partial charge is 0.399 e. The molecular weight excluding hydrogens is 442 g/mol. The number of anilines is 3. The Bertz CT molecular complexity index is 1240. The molecule has 2 aromatic carbocycles. The van der Waals surface area contributed by atoms with Crippen LogP contribution in [0.4, 0.5) is 17.1 Å². The zero-order chi connectivity index (χ0) is 25.2. The molecule has 184 valence electrons. The van der Waals surface area contributed by atoms with E-state index in [-0.39, 0.29) is 23.0 Å². The molecular formula is C27H33N5O3. The van der Waals surface area contributed by atoms with Crippen LogP contribution in [-0.2, 0) is 0 Å². The van der Waals surface area contributed by atoms with Crippen molar-refractivity contribution in [3.63, 3.8) is 0 Å². The summed E-state index contributed by atoms with van der Waals surface area (Å²) in [4.78, 5) is 27.7. The van der Waals surface area contributed by atoms with Gasteiger partial charge in [-0.15, -0.1) is 0 Å². The minimum Gasteiger partial charge on any atom is -0.399 e. The monoisotopic (exact) mass is 475 g/mol. The number of carbonyl (C=O) groups excluding carboxylic acids is 2. The number of nitrogen functional groups attached to an aromatic ring is 1. The molecule has 35 heavy (non-hydrogen) atoms. The molecule has 4 N–H and O–H groups in total. The number of hydrogen-bond donors (Lipinski definition) is 3. The summed E-state index contributed by atoms with van der Waals surface area (Å²) >= 11 is 0. The first kappa shape index (κ1) is 24.3. The lowest BCUT2D eigenvalue weighted by Crippen LogP contribution is -2.31. The minimum atomic E-state index is -0.309. The summed E-state index contributed by atoms with van der Waals surface area (Å²) in [6.07, 6.45) is 2.29. The molecule has 0 spiro atoms. The average Bonchev–Trinajstić information content (AvgIpc) is 3.50. The Morgan fingerprint density at radius 1 is 1.06 bits per heavy atom. The van der Waals surface area contributed by atoms with Gasteiger partial charge in [0.25, 0.3) is 11.8 Å². The van der Waals surface area contributed by atoms with Gasteiger partial charge in [-0.3, -0.25) is 9.59 Å². The standard InChI is InChI=1S/C27H33N5O3/c1-17-7-8-20(14-22(17)23-15-24(35-31-23)26(34)29-16-27(2,3)4)30-25(33)18-11-19(28)13-21(12-18)32-9-5-6-10-32/h7-8,11-15H,5-6,9-10,16,28H2,1-4H3,(H,29,34)(H,30,33). The first-order valence-corrected chi connectivity index (χ1v) is 11.9. The highest BCUT2D eigenvalue weighted by atomic mass is 16.5. The predicted octanol–water partition coefficient (Wildman–Crippen LogP) is 4.86. The number of benzene rings is 2. The lowest BCUT2D eigenvalue weighted by molar-refractivity contribution is 0.0902. The maximum atomic E-state index is 13.0. The van der Waals surface area contributed by atoms with Crippen LogP contribution < -0.4 is 21.3 Å². The van der Waals surface area contributed by atoms with Gasteiger partial charge in [-0.05, 0) is 61.1 Å². The van der Waals surface area contributed by atoms with Crippen molar-refractivity contribution in [2.24, 2.45) is 5.41 Å². The number of carbonyl (C=O) groups is 2. The quantitative estimate of drug-likeness (QED) is 0.439. The van der Waals surface area contributed by atoms with E-state index in [2.05, 4.69) is 20.7 Å². The topological polar surface area (TPSA) is 113 Å². The van der Waals surface area contributed by atoms with Gasteiger partial charge in [0.1, 0.15) is 5.69 Å². The van der Waals surface area contributed by atoms with E-state index in [9.17, 15) is 9.59 Å². The number of nitrogens with zero attached hydrogens (tertiary/aromatic N) is 2. The zero-order valence-electron chi connectivity index (χ0n) is 20.8. The Hall–Kier alpha value is -3.81. The Labute approximate surface area is 205 Å². The van der Waals surface area contributed by atoms with Gasteiger partial charge in [0.15, 0.2) is 0 Å². The SMILES string of the molecule is Cc1ccc(NC(=O)c2cc(N)cc(N3CCCC3)c2)cc1-c1cc(C(=O)NCC(C)(C)C)on1. The van der Waals surface area contributed by atoms with E-state index in [1.54, 1.807) is 12.1 Å². The van der Waals surface area contributed by atoms with E-state index in [0.29, 0.717) is 29.2 Å². The van der Waals surface area contributed by atoms with Gasteiger partial charge in [0.05, 0.1) is 0 Å². The van der Waals surface area contributed by atoms with Gasteiger partial charge in [0, 0.05) is 53.9 Å². The number of hydrogen-bond acceptors (Lipinski definition) is 6. The normalized spacial score (nSPS) is 13.7. The van der Waals surface area contributed by atoms with Crippen molar-refractivity contribution in [2.75, 3.05) is 35.6 Å². The van der Waals surface area contributed by atoms with Crippen LogP contribution in [0.3, 0.4) is 0 Å². The second kappa shape index (κ2) is 9.82. The summed E-state index contributed by atoms with van der Waals surface area (Å²) in [6.45, 7) is 10.5. The van der Waals surface area contributed by atoms with Crippen LogP contribution in [0.15, 0.2) is 47.0 Å². The number of nitrogens with one attached hydrogen (secondary N) is 2. The zero-order valence-corrected chi connectivity index (χ0v) is 20.8. The fourth-order valence-electron chi connectivity index (χ4n) is 4.04. The van der Waals surface area contributed by atoms with E-state index < -0.39 is 0 Å². The summed E-state index contributed by atoms with van der Waals surface area (Å²) in [5.41, 5.74) is 10.9. The van der Waals surface area contributed by atoms with Crippen LogP contribution in [0.2, 0.25) is 0 Å². The van der Waals surface area contributed by atoms with Crippen LogP contribution in [0, 0.1) is 12.3 Å². The molecule has 0 saturated carbocycles. The summed E-state index contributed by atoms with van der Waals surface area (Å²) in [7, 11) is 0. The van der Waals surface area contributed by atoms with E-state index in [4.69, 9.17) is 10.3 Å². The number of aryl methyl sites for hydroxylation is 1. The number of nitrogens with two attached hydrogens (primary N) is 1. The van der Waals surface area contributed by atoms with Gasteiger partial charge >= 0.3 is 0 Å². The van der Waals surface area contributed by atoms with Crippen molar-refractivity contribution in [1.82, 2.24) is 10.5 Å². The second-order valence-electron chi connectivity index (χ2n) is 10.3. The van der Waals surface area contributed by atoms with Crippen molar-refractivity contribution in [1.29, 1.82) is 0 Å². The van der Waals surface area contributed by atoms with Crippen LogP contribution in [0.1, 0.15) is 60.1 Å². The van der Waals surface area contributed by atoms with Crippen molar-refractivity contribution < 1.29 is 14.1 Å². The summed E-state index contributed by atoms with van der Waals surface area (Å²) < 4.78 is 5.30. The number of amides is 2. The highest BCUT2D eigenvalue weighted by Gasteiger charge is 2.19. The molecule has 0 bridgehead atoms. The first-order valence-electron chi connectivity index (χ1n) is 11.9. The molecule has 1 aliphatic heterocycles. The minimum absolute atomic E-state index is 0.0414. The molecule has 3 aromatic rings. The molecule has 1 aromatic heterocycles. The Morgan fingerprint density at radius 2 is 1.80 bits per heavy atom. The lowest BCUT2D eigenvalue weighted by Gasteiger charge is -2.19. The Morgan fingerprint density at radius 3 is 2.51 bits per heavy atom. The van der Waals surface area contributed by atoms with Crippen molar-refractivity contribution in [2.45, 2.75) is 40.5 Å². The first-order chi connectivity index (χ1) is 16.6. The van der Waals surface area contributed by atoms with Crippen molar-refractivity contribution in [3.8, 4) is 11.3 Å². The van der Waals surface area contributed by atoms with Crippen LogP contribution >= 0.6 is 0 Å². The number of rotatable bonds is 6. The molecule has 8 heteroatoms. The third-order valence-electron chi connectivity index (χ3n) is 5.96. The van der Waals surface area contributed by atoms with Gasteiger partial charge < -0.3 is 25.8 Å². The smallest absolute Gasteiger partial charge is 0.289 e. The molecule has 2 heterocycles. The Kier molecular flexibility index (Phi) is 6.82. The fourth-order valence-corrected chi connectivity index (χ4v) is 4.04. The van der Waals surface area contributed by atoms with Gasteiger partial charge in [-0.2, -0.15) is 0 Å². The van der Waals surface area contributed by atoms with E-state index in [1.165, 1.54) is 0 Å². The van der Waals surface area contributed by atoms with Crippen LogP contribution in [0.25, 0.3) is 11.3 Å². The predicted molar refractivity (Wildman–Crippen MR) is 139 cm³/mol. The molecule has 0 aliphatic carbocycles. The molecule has 8 nitrogen and oxygen atoms in total. The third-order valence-corrected chi connectivity index (χ3v) is 5.96.